The summed E-state index contributed by atoms with van der Waals surface area (Å²) in [7, 11) is -9.89. The molecule has 0 aromatic carbocycles. The third-order valence-electron chi connectivity index (χ3n) is 16.0. The highest BCUT2D eigenvalue weighted by Gasteiger charge is 2.30. The summed E-state index contributed by atoms with van der Waals surface area (Å²) in [6, 6.07) is 0. The van der Waals surface area contributed by atoms with Gasteiger partial charge in [0.25, 0.3) is 0 Å². The van der Waals surface area contributed by atoms with Crippen LogP contribution >= 0.6 is 15.6 Å². The second-order valence-corrected chi connectivity index (χ2v) is 28.3. The minimum absolute atomic E-state index is 0.103. The molecule has 0 aromatic rings. The third kappa shape index (κ3) is 62.8. The standard InChI is InChI=1S/C69H134O17P2/c1-6-9-12-15-17-19-21-23-24-25-26-27-28-29-31-33-35-39-44-49-54-68(73)86-65(59-80-67(72)53-48-43-38-34-32-30-22-20-18-16-13-10-7-2)61-84-88(77,78)82-57-63(70)56-81-87(75,76)83-60-64(58-79-66(71)52-47-41-14-11-8-3)85-69(74)55-50-45-40-36-37-42-46-51-62(4)5/h62-65,70H,6-61H2,1-5H3,(H,75,76)(H,77,78)/t63-,64+,65+/m0/s1. The number of hydrogen-bond donors (Lipinski definition) is 3. The molecule has 19 heteroatoms. The number of aliphatic hydroxyl groups excluding tert-OH is 1. The highest BCUT2D eigenvalue weighted by molar-refractivity contribution is 7.47. The summed E-state index contributed by atoms with van der Waals surface area (Å²) in [5.41, 5.74) is 0. The van der Waals surface area contributed by atoms with Gasteiger partial charge in [-0.2, -0.15) is 0 Å². The van der Waals surface area contributed by atoms with E-state index in [9.17, 15) is 43.2 Å². The summed E-state index contributed by atoms with van der Waals surface area (Å²) < 4.78 is 68.0. The summed E-state index contributed by atoms with van der Waals surface area (Å²) in [6.45, 7) is 7.08. The van der Waals surface area contributed by atoms with Crippen LogP contribution < -0.4 is 0 Å². The normalized spacial score (nSPS) is 14.1. The van der Waals surface area contributed by atoms with Gasteiger partial charge in [-0.1, -0.05) is 304 Å². The highest BCUT2D eigenvalue weighted by atomic mass is 31.2. The van der Waals surface area contributed by atoms with Crippen molar-refractivity contribution in [2.75, 3.05) is 39.6 Å². The molecule has 0 spiro atoms. The van der Waals surface area contributed by atoms with Crippen LogP contribution in [0.25, 0.3) is 0 Å². The Balaban J connectivity index is 5.12. The number of aliphatic hydroxyl groups is 1. The van der Waals surface area contributed by atoms with Crippen LogP contribution in [0.4, 0.5) is 0 Å². The number of carbonyl (C=O) groups excluding carboxylic acids is 4. The first kappa shape index (κ1) is 86.1. The quantitative estimate of drug-likeness (QED) is 0.0222. The number of carbonyl (C=O) groups is 4. The van der Waals surface area contributed by atoms with E-state index < -0.39 is 97.5 Å². The Labute approximate surface area is 537 Å². The van der Waals surface area contributed by atoms with Crippen molar-refractivity contribution >= 4 is 39.5 Å². The molecule has 0 aromatic heterocycles. The fourth-order valence-electron chi connectivity index (χ4n) is 10.5. The number of phosphoric acid groups is 2. The number of ether oxygens (including phenoxy) is 4. The largest absolute Gasteiger partial charge is 0.472 e. The zero-order valence-electron chi connectivity index (χ0n) is 56.9. The molecule has 0 radical (unpaired) electrons. The molecular weight excluding hydrogens is 1160 g/mol. The van der Waals surface area contributed by atoms with E-state index >= 15 is 0 Å². The zero-order valence-corrected chi connectivity index (χ0v) is 58.6. The SMILES string of the molecule is CCCCCCCCCCCCCCCCCCCCCCC(=O)O[C@H](COC(=O)CCCCCCCCCCCCCCC)COP(=O)(O)OC[C@@H](O)COP(=O)(O)OC[C@@H](COC(=O)CCCCCCC)OC(=O)CCCCCCCCCC(C)C. The van der Waals surface area contributed by atoms with E-state index in [1.54, 1.807) is 0 Å². The Morgan fingerprint density at radius 2 is 0.523 bits per heavy atom. The maximum atomic E-state index is 13.0. The molecule has 0 fully saturated rings. The first-order valence-electron chi connectivity index (χ1n) is 36.1. The molecule has 0 heterocycles. The Kier molecular flexibility index (Phi) is 61.1. The molecule has 5 atom stereocenters. The summed E-state index contributed by atoms with van der Waals surface area (Å²) in [6.07, 6.45) is 49.2. The van der Waals surface area contributed by atoms with Crippen LogP contribution in [0.1, 0.15) is 356 Å². The number of esters is 4. The van der Waals surface area contributed by atoms with Crippen LogP contribution in [-0.2, 0) is 65.4 Å². The molecule has 0 aliphatic heterocycles. The first-order chi connectivity index (χ1) is 42.5. The smallest absolute Gasteiger partial charge is 0.462 e. The van der Waals surface area contributed by atoms with Crippen LogP contribution in [0, 0.1) is 5.92 Å². The number of rotatable bonds is 69. The lowest BCUT2D eigenvalue weighted by Crippen LogP contribution is -2.30. The lowest BCUT2D eigenvalue weighted by molar-refractivity contribution is -0.161. The molecule has 0 bridgehead atoms. The summed E-state index contributed by atoms with van der Waals surface area (Å²) in [5.74, 6) is -1.44. The maximum Gasteiger partial charge on any atom is 0.472 e. The van der Waals surface area contributed by atoms with Gasteiger partial charge in [-0.15, -0.1) is 0 Å². The lowest BCUT2D eigenvalue weighted by atomic mass is 10.0. The van der Waals surface area contributed by atoms with Gasteiger partial charge in [0.15, 0.2) is 12.2 Å². The second-order valence-electron chi connectivity index (χ2n) is 25.4. The molecule has 0 aliphatic carbocycles. The molecule has 0 saturated carbocycles. The summed E-state index contributed by atoms with van der Waals surface area (Å²) in [4.78, 5) is 72.2. The molecule has 88 heavy (non-hydrogen) atoms. The van der Waals surface area contributed by atoms with E-state index in [1.807, 2.05) is 0 Å². The van der Waals surface area contributed by atoms with Crippen LogP contribution in [0.5, 0.6) is 0 Å². The number of phosphoric ester groups is 2. The van der Waals surface area contributed by atoms with Crippen molar-refractivity contribution in [3.05, 3.63) is 0 Å². The minimum atomic E-state index is -4.95. The van der Waals surface area contributed by atoms with Crippen molar-refractivity contribution in [2.24, 2.45) is 5.92 Å². The van der Waals surface area contributed by atoms with Gasteiger partial charge in [0, 0.05) is 25.7 Å². The van der Waals surface area contributed by atoms with Gasteiger partial charge < -0.3 is 33.8 Å². The molecule has 0 rings (SSSR count). The van der Waals surface area contributed by atoms with E-state index in [1.165, 1.54) is 173 Å². The third-order valence-corrected chi connectivity index (χ3v) is 17.9. The number of hydrogen-bond acceptors (Lipinski definition) is 15. The van der Waals surface area contributed by atoms with Crippen LogP contribution in [0.2, 0.25) is 0 Å². The first-order valence-corrected chi connectivity index (χ1v) is 39.1. The Bertz CT molecular complexity index is 1700. The predicted molar refractivity (Wildman–Crippen MR) is 354 cm³/mol. The maximum absolute atomic E-state index is 13.0. The van der Waals surface area contributed by atoms with Gasteiger partial charge in [-0.05, 0) is 31.6 Å². The van der Waals surface area contributed by atoms with Crippen molar-refractivity contribution in [3.8, 4) is 0 Å². The van der Waals surface area contributed by atoms with Gasteiger partial charge in [-0.3, -0.25) is 37.3 Å². The second kappa shape index (κ2) is 62.5. The molecule has 3 N–H and O–H groups in total. The highest BCUT2D eigenvalue weighted by Crippen LogP contribution is 2.45. The predicted octanol–water partition coefficient (Wildman–Crippen LogP) is 19.7. The van der Waals surface area contributed by atoms with E-state index in [0.29, 0.717) is 31.6 Å². The molecule has 2 unspecified atom stereocenters. The van der Waals surface area contributed by atoms with Gasteiger partial charge in [0.1, 0.15) is 19.3 Å². The zero-order chi connectivity index (χ0) is 64.9. The van der Waals surface area contributed by atoms with Gasteiger partial charge in [0.05, 0.1) is 26.4 Å². The fourth-order valence-corrected chi connectivity index (χ4v) is 12.0. The molecular formula is C69H134O17P2. The van der Waals surface area contributed by atoms with Crippen molar-refractivity contribution < 1.29 is 80.2 Å². The Morgan fingerprint density at radius 3 is 0.773 bits per heavy atom. The van der Waals surface area contributed by atoms with Crippen molar-refractivity contribution in [1.82, 2.24) is 0 Å². The molecule has 17 nitrogen and oxygen atoms in total. The number of unbranched alkanes of at least 4 members (excludes halogenated alkanes) is 41. The van der Waals surface area contributed by atoms with E-state index in [0.717, 1.165) is 96.3 Å². The molecule has 0 aliphatic rings. The fraction of sp³-hybridized carbons (Fsp3) is 0.942. The van der Waals surface area contributed by atoms with Gasteiger partial charge in [0.2, 0.25) is 0 Å². The van der Waals surface area contributed by atoms with Crippen LogP contribution in [0.3, 0.4) is 0 Å². The molecule has 522 valence electrons. The van der Waals surface area contributed by atoms with Gasteiger partial charge >= 0.3 is 39.5 Å². The molecule has 0 amide bonds. The van der Waals surface area contributed by atoms with Crippen molar-refractivity contribution in [3.63, 3.8) is 0 Å². The van der Waals surface area contributed by atoms with Crippen LogP contribution in [-0.4, -0.2) is 96.7 Å². The monoisotopic (exact) mass is 1300 g/mol. The Hall–Kier alpha value is -1.94. The average Bonchev–Trinajstić information content (AvgIpc) is 3.70. The lowest BCUT2D eigenvalue weighted by Gasteiger charge is -2.21. The minimum Gasteiger partial charge on any atom is -0.462 e. The van der Waals surface area contributed by atoms with E-state index in [4.69, 9.17) is 37.0 Å². The summed E-state index contributed by atoms with van der Waals surface area (Å²) in [5, 5.41) is 10.5. The van der Waals surface area contributed by atoms with E-state index in [2.05, 4.69) is 34.6 Å². The Morgan fingerprint density at radius 1 is 0.307 bits per heavy atom. The van der Waals surface area contributed by atoms with E-state index in [-0.39, 0.29) is 25.7 Å². The van der Waals surface area contributed by atoms with Crippen molar-refractivity contribution in [1.29, 1.82) is 0 Å². The van der Waals surface area contributed by atoms with Gasteiger partial charge in [-0.25, -0.2) is 9.13 Å². The average molecular weight is 1300 g/mol. The van der Waals surface area contributed by atoms with Crippen LogP contribution in [0.15, 0.2) is 0 Å². The summed E-state index contributed by atoms with van der Waals surface area (Å²) >= 11 is 0. The molecule has 0 saturated heterocycles. The topological polar surface area (TPSA) is 237 Å². The van der Waals surface area contributed by atoms with Crippen molar-refractivity contribution in [2.45, 2.75) is 374 Å².